The molecule has 4 aliphatic carbocycles. The third-order valence-electron chi connectivity index (χ3n) is 7.45. The van der Waals surface area contributed by atoms with E-state index in [0.717, 1.165) is 23.3 Å². The van der Waals surface area contributed by atoms with Crippen molar-refractivity contribution in [2.45, 2.75) is 70.3 Å². The van der Waals surface area contributed by atoms with E-state index in [1.54, 1.807) is 6.21 Å². The molecule has 4 saturated carbocycles. The second kappa shape index (κ2) is 6.31. The summed E-state index contributed by atoms with van der Waals surface area (Å²) in [7, 11) is 0. The van der Waals surface area contributed by atoms with Crippen LogP contribution in [0.2, 0.25) is 0 Å². The van der Waals surface area contributed by atoms with Crippen molar-refractivity contribution in [3.05, 3.63) is 41.1 Å². The largest absolute Gasteiger partial charge is 0.623 e. The molecule has 4 heteroatoms. The number of rotatable bonds is 4. The summed E-state index contributed by atoms with van der Waals surface area (Å²) in [5, 5.41) is 13.6. The lowest BCUT2D eigenvalue weighted by molar-refractivity contribution is -0.538. The SMILES string of the molecule is CC1(C)OC[C@H]([C@@H](/[N+]([O-])=C/c2ccccc2)C23CC4CC(CC(C4)C2)C3)O1. The van der Waals surface area contributed by atoms with Crippen molar-refractivity contribution in [1.29, 1.82) is 0 Å². The molecule has 1 aromatic carbocycles. The van der Waals surface area contributed by atoms with Crippen LogP contribution in [0.1, 0.15) is 57.9 Å². The van der Waals surface area contributed by atoms with E-state index in [2.05, 4.69) is 0 Å². The van der Waals surface area contributed by atoms with E-state index in [-0.39, 0.29) is 17.6 Å². The minimum atomic E-state index is -0.598. The number of hydrogen-bond donors (Lipinski definition) is 0. The fourth-order valence-electron chi connectivity index (χ4n) is 7.01. The van der Waals surface area contributed by atoms with E-state index < -0.39 is 5.79 Å². The molecule has 4 bridgehead atoms. The Kier molecular flexibility index (Phi) is 4.14. The summed E-state index contributed by atoms with van der Waals surface area (Å²) in [6.07, 6.45) is 9.30. The highest BCUT2D eigenvalue weighted by molar-refractivity contribution is 5.75. The van der Waals surface area contributed by atoms with Crippen LogP contribution in [0.3, 0.4) is 0 Å². The average Bonchev–Trinajstić information content (AvgIpc) is 2.93. The molecule has 0 spiro atoms. The number of benzene rings is 1. The monoisotopic (exact) mass is 369 g/mol. The molecular weight excluding hydrogens is 338 g/mol. The maximum absolute atomic E-state index is 13.6. The van der Waals surface area contributed by atoms with Gasteiger partial charge >= 0.3 is 0 Å². The van der Waals surface area contributed by atoms with Crippen LogP contribution in [0, 0.1) is 28.4 Å². The Morgan fingerprint density at radius 3 is 2.15 bits per heavy atom. The van der Waals surface area contributed by atoms with Gasteiger partial charge in [0.2, 0.25) is 0 Å². The molecule has 1 aromatic rings. The molecular formula is C23H31NO3. The smallest absolute Gasteiger partial charge is 0.197 e. The lowest BCUT2D eigenvalue weighted by atomic mass is 9.47. The number of ether oxygens (including phenoxy) is 2. The van der Waals surface area contributed by atoms with E-state index in [4.69, 9.17) is 9.47 Å². The van der Waals surface area contributed by atoms with E-state index in [1.807, 2.05) is 44.2 Å². The van der Waals surface area contributed by atoms with Crippen LogP contribution in [0.4, 0.5) is 0 Å². The summed E-state index contributed by atoms with van der Waals surface area (Å²) in [6.45, 7) is 4.43. The van der Waals surface area contributed by atoms with Crippen LogP contribution >= 0.6 is 0 Å². The summed E-state index contributed by atoms with van der Waals surface area (Å²) in [5.74, 6) is 1.82. The minimum absolute atomic E-state index is 0.0796. The highest BCUT2D eigenvalue weighted by Crippen LogP contribution is 2.62. The zero-order valence-electron chi connectivity index (χ0n) is 16.5. The van der Waals surface area contributed by atoms with Crippen LogP contribution in [0.15, 0.2) is 30.3 Å². The van der Waals surface area contributed by atoms with Gasteiger partial charge < -0.3 is 14.7 Å². The van der Waals surface area contributed by atoms with E-state index >= 15 is 0 Å². The number of hydroxylamine groups is 1. The molecule has 0 unspecified atom stereocenters. The van der Waals surface area contributed by atoms with Crippen molar-refractivity contribution < 1.29 is 14.2 Å². The van der Waals surface area contributed by atoms with E-state index in [0.29, 0.717) is 6.61 Å². The normalized spacial score (nSPS) is 41.0. The molecule has 0 radical (unpaired) electrons. The molecule has 27 heavy (non-hydrogen) atoms. The van der Waals surface area contributed by atoms with E-state index in [9.17, 15) is 5.21 Å². The van der Waals surface area contributed by atoms with Gasteiger partial charge in [-0.1, -0.05) is 18.2 Å². The summed E-state index contributed by atoms with van der Waals surface area (Å²) >= 11 is 0. The lowest BCUT2D eigenvalue weighted by Crippen LogP contribution is -2.58. The zero-order valence-corrected chi connectivity index (χ0v) is 16.5. The highest BCUT2D eigenvalue weighted by atomic mass is 16.7. The second-order valence-corrected chi connectivity index (χ2v) is 9.99. The van der Waals surface area contributed by atoms with Crippen molar-refractivity contribution in [3.8, 4) is 0 Å². The Morgan fingerprint density at radius 1 is 1.04 bits per heavy atom. The molecule has 146 valence electrons. The molecule has 1 heterocycles. The second-order valence-electron chi connectivity index (χ2n) is 9.99. The van der Waals surface area contributed by atoms with Crippen LogP contribution in [0.5, 0.6) is 0 Å². The molecule has 0 aromatic heterocycles. The lowest BCUT2D eigenvalue weighted by Gasteiger charge is -2.58. The van der Waals surface area contributed by atoms with Crippen molar-refractivity contribution in [2.24, 2.45) is 23.2 Å². The van der Waals surface area contributed by atoms with Gasteiger partial charge in [-0.15, -0.1) is 0 Å². The minimum Gasteiger partial charge on any atom is -0.623 e. The third kappa shape index (κ3) is 3.21. The van der Waals surface area contributed by atoms with Gasteiger partial charge in [-0.3, -0.25) is 0 Å². The third-order valence-corrected chi connectivity index (χ3v) is 7.45. The Bertz CT molecular complexity index is 691. The van der Waals surface area contributed by atoms with Gasteiger partial charge in [0.25, 0.3) is 0 Å². The van der Waals surface area contributed by atoms with Crippen molar-refractivity contribution in [3.63, 3.8) is 0 Å². The number of hydrogen-bond acceptors (Lipinski definition) is 3. The van der Waals surface area contributed by atoms with E-state index in [1.165, 1.54) is 43.3 Å². The first-order valence-electron chi connectivity index (χ1n) is 10.6. The fraction of sp³-hybridized carbons (Fsp3) is 0.696. The highest BCUT2D eigenvalue weighted by Gasteiger charge is 2.60. The fourth-order valence-corrected chi connectivity index (χ4v) is 7.01. The molecule has 0 amide bonds. The Balaban J connectivity index is 1.52. The van der Waals surface area contributed by atoms with Crippen LogP contribution in [-0.2, 0) is 9.47 Å². The zero-order chi connectivity index (χ0) is 18.6. The van der Waals surface area contributed by atoms with Crippen LogP contribution < -0.4 is 0 Å². The Labute approximate surface area is 162 Å². The van der Waals surface area contributed by atoms with Gasteiger partial charge in [-0.05, 0) is 82.3 Å². The van der Waals surface area contributed by atoms with Crippen LogP contribution in [0.25, 0.3) is 0 Å². The van der Waals surface area contributed by atoms with Gasteiger partial charge in [-0.2, -0.15) is 0 Å². The molecule has 1 saturated heterocycles. The first kappa shape index (κ1) is 17.7. The van der Waals surface area contributed by atoms with Crippen molar-refractivity contribution in [1.82, 2.24) is 0 Å². The maximum Gasteiger partial charge on any atom is 0.197 e. The topological polar surface area (TPSA) is 44.5 Å². The molecule has 0 N–H and O–H groups in total. The molecule has 5 fully saturated rings. The standard InChI is InChI=1S/C23H31NO3/c1-22(2)26-15-20(27-22)21(24(25)14-16-6-4-3-5-7-16)23-11-17-8-18(12-23)10-19(9-17)13-23/h3-7,14,17-21H,8-13,15H2,1-2H3/b24-14-/t17?,18?,19?,20-,21-,23?/m1/s1. The first-order chi connectivity index (χ1) is 12.9. The van der Waals surface area contributed by atoms with Gasteiger partial charge in [-0.25, -0.2) is 4.74 Å². The Morgan fingerprint density at radius 2 is 1.63 bits per heavy atom. The predicted molar refractivity (Wildman–Crippen MR) is 105 cm³/mol. The summed E-state index contributed by atoms with van der Waals surface area (Å²) < 4.78 is 13.4. The first-order valence-corrected chi connectivity index (χ1v) is 10.6. The van der Waals surface area contributed by atoms with Gasteiger partial charge in [0.1, 0.15) is 6.10 Å². The summed E-state index contributed by atoms with van der Waals surface area (Å²) in [5.41, 5.74) is 1.04. The predicted octanol–water partition coefficient (Wildman–Crippen LogP) is 4.35. The summed E-state index contributed by atoms with van der Waals surface area (Å²) in [6, 6.07) is 9.79. The van der Waals surface area contributed by atoms with Gasteiger partial charge in [0.15, 0.2) is 18.0 Å². The Hall–Kier alpha value is -1.39. The van der Waals surface area contributed by atoms with Crippen molar-refractivity contribution in [2.75, 3.05) is 6.61 Å². The molecule has 1 aliphatic heterocycles. The van der Waals surface area contributed by atoms with Crippen molar-refractivity contribution >= 4 is 6.21 Å². The summed E-state index contributed by atoms with van der Waals surface area (Å²) in [4.78, 5) is 0. The van der Waals surface area contributed by atoms with Gasteiger partial charge in [0.05, 0.1) is 6.61 Å². The molecule has 6 rings (SSSR count). The van der Waals surface area contributed by atoms with Crippen LogP contribution in [-0.4, -0.2) is 35.5 Å². The molecule has 2 atom stereocenters. The quantitative estimate of drug-likeness (QED) is 0.343. The number of nitrogens with zero attached hydrogens (tertiary/aromatic N) is 1. The molecule has 4 nitrogen and oxygen atoms in total. The maximum atomic E-state index is 13.6. The van der Waals surface area contributed by atoms with Gasteiger partial charge in [0, 0.05) is 11.0 Å². The molecule has 5 aliphatic rings. The average molecular weight is 370 g/mol.